The van der Waals surface area contributed by atoms with Crippen LogP contribution < -0.4 is 10.1 Å². The first-order chi connectivity index (χ1) is 7.54. The number of nitrogens with one attached hydrogen (secondary N) is 1. The number of ether oxygens (including phenoxy) is 1. The average molecular weight is 225 g/mol. The van der Waals surface area contributed by atoms with Crippen LogP contribution in [0.15, 0.2) is 18.2 Å². The summed E-state index contributed by atoms with van der Waals surface area (Å²) in [5.74, 6) is 0.524. The van der Waals surface area contributed by atoms with E-state index in [2.05, 4.69) is 19.2 Å². The van der Waals surface area contributed by atoms with E-state index in [0.29, 0.717) is 5.56 Å². The molecular formula is C13H20FNO. The molecule has 2 unspecified atom stereocenters. The van der Waals surface area contributed by atoms with Gasteiger partial charge in [0, 0.05) is 6.04 Å². The number of rotatable bonds is 5. The highest BCUT2D eigenvalue weighted by molar-refractivity contribution is 5.29. The third kappa shape index (κ3) is 3.49. The number of halogens is 1. The van der Waals surface area contributed by atoms with E-state index in [1.54, 1.807) is 19.1 Å². The van der Waals surface area contributed by atoms with Gasteiger partial charge in [-0.15, -0.1) is 0 Å². The molecule has 0 spiro atoms. The van der Waals surface area contributed by atoms with E-state index in [0.717, 1.165) is 12.3 Å². The quantitative estimate of drug-likeness (QED) is 0.832. The Labute approximate surface area is 96.8 Å². The van der Waals surface area contributed by atoms with Gasteiger partial charge < -0.3 is 10.1 Å². The Hall–Kier alpha value is -1.09. The van der Waals surface area contributed by atoms with E-state index in [-0.39, 0.29) is 18.0 Å². The topological polar surface area (TPSA) is 21.3 Å². The monoisotopic (exact) mass is 225 g/mol. The zero-order chi connectivity index (χ0) is 12.1. The molecule has 0 aliphatic heterocycles. The first kappa shape index (κ1) is 13.0. The first-order valence-electron chi connectivity index (χ1n) is 5.70. The van der Waals surface area contributed by atoms with Gasteiger partial charge in [0.15, 0.2) is 0 Å². The molecule has 0 amide bonds. The Balaban J connectivity index is 2.62. The van der Waals surface area contributed by atoms with Crippen LogP contribution in [0.4, 0.5) is 4.39 Å². The number of benzene rings is 1. The predicted octanol–water partition coefficient (Wildman–Crippen LogP) is 2.90. The van der Waals surface area contributed by atoms with E-state index in [1.165, 1.54) is 6.07 Å². The van der Waals surface area contributed by atoms with Crippen molar-refractivity contribution in [2.75, 3.05) is 6.54 Å². The minimum Gasteiger partial charge on any atom is -0.489 e. The fourth-order valence-electron chi connectivity index (χ4n) is 1.50. The van der Waals surface area contributed by atoms with Crippen molar-refractivity contribution < 1.29 is 9.13 Å². The number of aryl methyl sites for hydroxylation is 1. The molecule has 2 atom stereocenters. The van der Waals surface area contributed by atoms with Gasteiger partial charge in [-0.1, -0.05) is 6.92 Å². The lowest BCUT2D eigenvalue weighted by atomic mass is 10.2. The van der Waals surface area contributed by atoms with Crippen molar-refractivity contribution in [1.29, 1.82) is 0 Å². The summed E-state index contributed by atoms with van der Waals surface area (Å²) in [5.41, 5.74) is 0.612. The predicted molar refractivity (Wildman–Crippen MR) is 64.4 cm³/mol. The molecule has 1 aromatic carbocycles. The lowest BCUT2D eigenvalue weighted by molar-refractivity contribution is 0.179. The Morgan fingerprint density at radius 3 is 2.62 bits per heavy atom. The van der Waals surface area contributed by atoms with Crippen LogP contribution in [0.25, 0.3) is 0 Å². The standard InChI is InChI=1S/C13H20FNO/c1-5-15-10(3)11(4)16-12-6-7-13(14)9(2)8-12/h6-8,10-11,15H,5H2,1-4H3. The lowest BCUT2D eigenvalue weighted by Crippen LogP contribution is -2.38. The lowest BCUT2D eigenvalue weighted by Gasteiger charge is -2.22. The van der Waals surface area contributed by atoms with Crippen molar-refractivity contribution in [2.45, 2.75) is 39.8 Å². The molecule has 1 aromatic rings. The largest absolute Gasteiger partial charge is 0.489 e. The zero-order valence-corrected chi connectivity index (χ0v) is 10.4. The summed E-state index contributed by atoms with van der Waals surface area (Å²) in [6.45, 7) is 8.79. The second-order valence-corrected chi connectivity index (χ2v) is 4.08. The Morgan fingerprint density at radius 2 is 2.06 bits per heavy atom. The summed E-state index contributed by atoms with van der Waals surface area (Å²) in [6, 6.07) is 5.10. The Morgan fingerprint density at radius 1 is 1.38 bits per heavy atom. The molecule has 0 fully saturated rings. The van der Waals surface area contributed by atoms with Crippen molar-refractivity contribution in [3.8, 4) is 5.75 Å². The fourth-order valence-corrected chi connectivity index (χ4v) is 1.50. The van der Waals surface area contributed by atoms with Gasteiger partial charge in [0.25, 0.3) is 0 Å². The molecule has 0 bridgehead atoms. The van der Waals surface area contributed by atoms with Crippen LogP contribution in [0.3, 0.4) is 0 Å². The molecule has 1 rings (SSSR count). The highest BCUT2D eigenvalue weighted by Crippen LogP contribution is 2.17. The van der Waals surface area contributed by atoms with E-state index in [1.807, 2.05) is 6.92 Å². The van der Waals surface area contributed by atoms with Gasteiger partial charge in [0.2, 0.25) is 0 Å². The van der Waals surface area contributed by atoms with E-state index >= 15 is 0 Å². The molecule has 0 aliphatic rings. The van der Waals surface area contributed by atoms with E-state index in [9.17, 15) is 4.39 Å². The van der Waals surface area contributed by atoms with Crippen LogP contribution in [0.2, 0.25) is 0 Å². The molecule has 0 saturated carbocycles. The van der Waals surface area contributed by atoms with Crippen molar-refractivity contribution in [3.05, 3.63) is 29.6 Å². The van der Waals surface area contributed by atoms with Crippen molar-refractivity contribution in [2.24, 2.45) is 0 Å². The maximum Gasteiger partial charge on any atom is 0.126 e. The van der Waals surface area contributed by atoms with Gasteiger partial charge in [0.05, 0.1) is 0 Å². The smallest absolute Gasteiger partial charge is 0.126 e. The van der Waals surface area contributed by atoms with Gasteiger partial charge in [-0.3, -0.25) is 0 Å². The second-order valence-electron chi connectivity index (χ2n) is 4.08. The maximum atomic E-state index is 13.0. The molecule has 0 aliphatic carbocycles. The Bertz CT molecular complexity index is 341. The van der Waals surface area contributed by atoms with Crippen LogP contribution in [0, 0.1) is 12.7 Å². The molecule has 0 radical (unpaired) electrons. The second kappa shape index (κ2) is 5.85. The summed E-state index contributed by atoms with van der Waals surface area (Å²) in [5, 5.41) is 3.29. The SMILES string of the molecule is CCNC(C)C(C)Oc1ccc(F)c(C)c1. The first-order valence-corrected chi connectivity index (χ1v) is 5.70. The minimum absolute atomic E-state index is 0.0600. The minimum atomic E-state index is -0.195. The normalized spacial score (nSPS) is 14.6. The van der Waals surface area contributed by atoms with Crippen LogP contribution in [0.1, 0.15) is 26.3 Å². The fraction of sp³-hybridized carbons (Fsp3) is 0.538. The van der Waals surface area contributed by atoms with Crippen molar-refractivity contribution in [1.82, 2.24) is 5.32 Å². The molecule has 0 heterocycles. The van der Waals surface area contributed by atoms with Gasteiger partial charge in [-0.2, -0.15) is 0 Å². The van der Waals surface area contributed by atoms with Gasteiger partial charge in [-0.05, 0) is 51.1 Å². The summed E-state index contributed by atoms with van der Waals surface area (Å²) < 4.78 is 18.8. The molecular weight excluding hydrogens is 205 g/mol. The zero-order valence-electron chi connectivity index (χ0n) is 10.4. The van der Waals surface area contributed by atoms with Crippen LogP contribution in [-0.4, -0.2) is 18.7 Å². The third-order valence-electron chi connectivity index (χ3n) is 2.68. The average Bonchev–Trinajstić information content (AvgIpc) is 2.24. The highest BCUT2D eigenvalue weighted by Gasteiger charge is 2.12. The van der Waals surface area contributed by atoms with E-state index in [4.69, 9.17) is 4.74 Å². The summed E-state index contributed by atoms with van der Waals surface area (Å²) in [4.78, 5) is 0. The number of likely N-dealkylation sites (N-methyl/N-ethyl adjacent to an activating group) is 1. The van der Waals surface area contributed by atoms with Crippen molar-refractivity contribution >= 4 is 0 Å². The molecule has 1 N–H and O–H groups in total. The maximum absolute atomic E-state index is 13.0. The van der Waals surface area contributed by atoms with Crippen LogP contribution in [0.5, 0.6) is 5.75 Å². The highest BCUT2D eigenvalue weighted by atomic mass is 19.1. The number of hydrogen-bond acceptors (Lipinski definition) is 2. The summed E-state index contributed by atoms with van der Waals surface area (Å²) in [7, 11) is 0. The van der Waals surface area contributed by atoms with Crippen molar-refractivity contribution in [3.63, 3.8) is 0 Å². The van der Waals surface area contributed by atoms with Gasteiger partial charge >= 0.3 is 0 Å². The Kier molecular flexibility index (Phi) is 4.74. The molecule has 0 saturated heterocycles. The molecule has 16 heavy (non-hydrogen) atoms. The molecule has 2 nitrogen and oxygen atoms in total. The van der Waals surface area contributed by atoms with Crippen LogP contribution >= 0.6 is 0 Å². The number of hydrogen-bond donors (Lipinski definition) is 1. The molecule has 90 valence electrons. The van der Waals surface area contributed by atoms with Gasteiger partial charge in [-0.25, -0.2) is 4.39 Å². The van der Waals surface area contributed by atoms with E-state index < -0.39 is 0 Å². The molecule has 3 heteroatoms. The summed E-state index contributed by atoms with van der Waals surface area (Å²) >= 11 is 0. The third-order valence-corrected chi connectivity index (χ3v) is 2.68. The van der Waals surface area contributed by atoms with Crippen LogP contribution in [-0.2, 0) is 0 Å². The summed E-state index contributed by atoms with van der Waals surface area (Å²) in [6.07, 6.45) is 0.0600. The molecule has 0 aromatic heterocycles. The van der Waals surface area contributed by atoms with Gasteiger partial charge in [0.1, 0.15) is 17.7 Å².